The van der Waals surface area contributed by atoms with Gasteiger partial charge >= 0.3 is 5.97 Å². The molecule has 6 nitrogen and oxygen atoms in total. The van der Waals surface area contributed by atoms with E-state index in [0.29, 0.717) is 12.1 Å². The first-order valence-electron chi connectivity index (χ1n) is 7.99. The van der Waals surface area contributed by atoms with Crippen molar-refractivity contribution < 1.29 is 19.1 Å². The highest BCUT2D eigenvalue weighted by Gasteiger charge is 2.21. The Hall–Kier alpha value is -3.15. The number of hydrogen-bond donors (Lipinski definition) is 1. The van der Waals surface area contributed by atoms with Crippen LogP contribution in [0.25, 0.3) is 0 Å². The summed E-state index contributed by atoms with van der Waals surface area (Å²) in [6, 6.07) is 13.5. The standard InChI is InChI=1S/C19H18N2O4/c1-25-19(24)16-6-3-2-5-15(16)18(23)20-13-8-10-14(11-9-13)21-12-4-7-17(21)22/h2-3,5-6,8-11H,4,7,12H2,1H3,(H,20,23). The van der Waals surface area contributed by atoms with Crippen LogP contribution in [0.3, 0.4) is 0 Å². The number of nitrogens with zero attached hydrogens (tertiary/aromatic N) is 1. The third kappa shape index (κ3) is 3.52. The van der Waals surface area contributed by atoms with Crippen molar-refractivity contribution in [3.8, 4) is 0 Å². The maximum absolute atomic E-state index is 12.5. The van der Waals surface area contributed by atoms with Gasteiger partial charge in [-0.05, 0) is 42.8 Å². The van der Waals surface area contributed by atoms with Crippen molar-refractivity contribution in [2.45, 2.75) is 12.8 Å². The minimum atomic E-state index is -0.561. The average molecular weight is 338 g/mol. The summed E-state index contributed by atoms with van der Waals surface area (Å²) < 4.78 is 4.70. The molecular weight excluding hydrogens is 320 g/mol. The maximum atomic E-state index is 12.5. The van der Waals surface area contributed by atoms with Crippen LogP contribution in [-0.2, 0) is 9.53 Å². The number of ether oxygens (including phenoxy) is 1. The second-order valence-corrected chi connectivity index (χ2v) is 5.69. The third-order valence-electron chi connectivity index (χ3n) is 4.09. The third-order valence-corrected chi connectivity index (χ3v) is 4.09. The van der Waals surface area contributed by atoms with E-state index < -0.39 is 11.9 Å². The van der Waals surface area contributed by atoms with Crippen molar-refractivity contribution in [2.75, 3.05) is 23.9 Å². The lowest BCUT2D eigenvalue weighted by Gasteiger charge is -2.16. The van der Waals surface area contributed by atoms with Gasteiger partial charge < -0.3 is 15.0 Å². The highest BCUT2D eigenvalue weighted by Crippen LogP contribution is 2.23. The number of carbonyl (C=O) groups excluding carboxylic acids is 3. The largest absolute Gasteiger partial charge is 0.465 e. The van der Waals surface area contributed by atoms with Gasteiger partial charge in [0.2, 0.25) is 5.91 Å². The Labute approximate surface area is 145 Å². The van der Waals surface area contributed by atoms with Crippen molar-refractivity contribution >= 4 is 29.2 Å². The van der Waals surface area contributed by atoms with Gasteiger partial charge in [0.15, 0.2) is 0 Å². The van der Waals surface area contributed by atoms with Gasteiger partial charge in [-0.1, -0.05) is 12.1 Å². The summed E-state index contributed by atoms with van der Waals surface area (Å²) in [5.41, 5.74) is 1.85. The molecule has 0 saturated carbocycles. The highest BCUT2D eigenvalue weighted by molar-refractivity contribution is 6.11. The molecule has 0 radical (unpaired) electrons. The molecule has 0 atom stereocenters. The fraction of sp³-hybridized carbons (Fsp3) is 0.211. The fourth-order valence-electron chi connectivity index (χ4n) is 2.81. The van der Waals surface area contributed by atoms with Gasteiger partial charge in [0, 0.05) is 24.3 Å². The number of hydrogen-bond acceptors (Lipinski definition) is 4. The predicted molar refractivity (Wildman–Crippen MR) is 93.8 cm³/mol. The minimum Gasteiger partial charge on any atom is -0.465 e. The van der Waals surface area contributed by atoms with Crippen LogP contribution in [0.1, 0.15) is 33.6 Å². The van der Waals surface area contributed by atoms with Gasteiger partial charge in [0.05, 0.1) is 18.2 Å². The lowest BCUT2D eigenvalue weighted by atomic mass is 10.1. The van der Waals surface area contributed by atoms with E-state index in [1.165, 1.54) is 7.11 Å². The molecule has 25 heavy (non-hydrogen) atoms. The molecule has 1 aliphatic heterocycles. The molecule has 3 rings (SSSR count). The first kappa shape index (κ1) is 16.7. The Morgan fingerprint density at radius 3 is 2.32 bits per heavy atom. The summed E-state index contributed by atoms with van der Waals surface area (Å²) >= 11 is 0. The number of amides is 2. The number of anilines is 2. The van der Waals surface area contributed by atoms with E-state index >= 15 is 0 Å². The zero-order chi connectivity index (χ0) is 17.8. The van der Waals surface area contributed by atoms with Gasteiger partial charge in [0.1, 0.15) is 0 Å². The molecule has 0 aromatic heterocycles. The Bertz CT molecular complexity index is 814. The van der Waals surface area contributed by atoms with Crippen LogP contribution < -0.4 is 10.2 Å². The minimum absolute atomic E-state index is 0.115. The van der Waals surface area contributed by atoms with E-state index in [2.05, 4.69) is 5.32 Å². The van der Waals surface area contributed by atoms with Gasteiger partial charge in [-0.25, -0.2) is 4.79 Å². The number of rotatable bonds is 4. The fourth-order valence-corrected chi connectivity index (χ4v) is 2.81. The van der Waals surface area contributed by atoms with Crippen molar-refractivity contribution in [1.29, 1.82) is 0 Å². The molecule has 0 bridgehead atoms. The van der Waals surface area contributed by atoms with Crippen LogP contribution >= 0.6 is 0 Å². The summed E-state index contributed by atoms with van der Waals surface area (Å²) in [4.78, 5) is 37.7. The smallest absolute Gasteiger partial charge is 0.338 e. The highest BCUT2D eigenvalue weighted by atomic mass is 16.5. The SMILES string of the molecule is COC(=O)c1ccccc1C(=O)Nc1ccc(N2CCCC2=O)cc1. The Morgan fingerprint density at radius 1 is 1.04 bits per heavy atom. The van der Waals surface area contributed by atoms with Crippen molar-refractivity contribution in [2.24, 2.45) is 0 Å². The molecule has 2 aromatic rings. The monoisotopic (exact) mass is 338 g/mol. The molecule has 0 aliphatic carbocycles. The Balaban J connectivity index is 1.76. The van der Waals surface area contributed by atoms with E-state index in [1.54, 1.807) is 53.4 Å². The molecule has 1 aliphatic rings. The number of benzene rings is 2. The van der Waals surface area contributed by atoms with Crippen LogP contribution in [0.15, 0.2) is 48.5 Å². The normalized spacial score (nSPS) is 13.6. The first-order valence-corrected chi connectivity index (χ1v) is 7.99. The summed E-state index contributed by atoms with van der Waals surface area (Å²) in [5, 5.41) is 2.76. The molecule has 6 heteroatoms. The quantitative estimate of drug-likeness (QED) is 0.870. The Morgan fingerprint density at radius 2 is 1.72 bits per heavy atom. The zero-order valence-corrected chi connectivity index (χ0v) is 13.8. The molecule has 2 amide bonds. The molecule has 1 fully saturated rings. The lowest BCUT2D eigenvalue weighted by Crippen LogP contribution is -2.23. The van der Waals surface area contributed by atoms with Crippen LogP contribution in [0.4, 0.5) is 11.4 Å². The molecule has 0 unspecified atom stereocenters. The van der Waals surface area contributed by atoms with Crippen molar-refractivity contribution in [3.63, 3.8) is 0 Å². The first-order chi connectivity index (χ1) is 12.1. The topological polar surface area (TPSA) is 75.7 Å². The van der Waals surface area contributed by atoms with Gasteiger partial charge in [-0.15, -0.1) is 0 Å². The lowest BCUT2D eigenvalue weighted by molar-refractivity contribution is -0.117. The van der Waals surface area contributed by atoms with Crippen LogP contribution in [-0.4, -0.2) is 31.4 Å². The molecule has 1 heterocycles. The second kappa shape index (κ2) is 7.17. The molecule has 1 saturated heterocycles. The predicted octanol–water partition coefficient (Wildman–Crippen LogP) is 2.85. The van der Waals surface area contributed by atoms with E-state index in [0.717, 1.165) is 18.7 Å². The summed E-state index contributed by atoms with van der Waals surface area (Å²) in [6.07, 6.45) is 1.43. The average Bonchev–Trinajstić information content (AvgIpc) is 3.07. The number of nitrogens with one attached hydrogen (secondary N) is 1. The number of carbonyl (C=O) groups is 3. The Kier molecular flexibility index (Phi) is 4.79. The summed E-state index contributed by atoms with van der Waals surface area (Å²) in [6.45, 7) is 0.719. The number of methoxy groups -OCH3 is 1. The van der Waals surface area contributed by atoms with Crippen molar-refractivity contribution in [3.05, 3.63) is 59.7 Å². The molecule has 2 aromatic carbocycles. The maximum Gasteiger partial charge on any atom is 0.338 e. The molecule has 0 spiro atoms. The molecule has 1 N–H and O–H groups in total. The van der Waals surface area contributed by atoms with Crippen molar-refractivity contribution in [1.82, 2.24) is 0 Å². The number of esters is 1. The van der Waals surface area contributed by atoms with E-state index in [-0.39, 0.29) is 17.0 Å². The van der Waals surface area contributed by atoms with Crippen LogP contribution in [0, 0.1) is 0 Å². The van der Waals surface area contributed by atoms with Crippen LogP contribution in [0.2, 0.25) is 0 Å². The van der Waals surface area contributed by atoms with Gasteiger partial charge in [0.25, 0.3) is 5.91 Å². The van der Waals surface area contributed by atoms with Gasteiger partial charge in [-0.3, -0.25) is 9.59 Å². The summed E-state index contributed by atoms with van der Waals surface area (Å²) in [5.74, 6) is -0.844. The molecule has 128 valence electrons. The molecular formula is C19H18N2O4. The van der Waals surface area contributed by atoms with E-state index in [1.807, 2.05) is 0 Å². The summed E-state index contributed by atoms with van der Waals surface area (Å²) in [7, 11) is 1.27. The zero-order valence-electron chi connectivity index (χ0n) is 13.8. The van der Waals surface area contributed by atoms with Crippen LogP contribution in [0.5, 0.6) is 0 Å². The van der Waals surface area contributed by atoms with E-state index in [9.17, 15) is 14.4 Å². The second-order valence-electron chi connectivity index (χ2n) is 5.69. The van der Waals surface area contributed by atoms with Gasteiger partial charge in [-0.2, -0.15) is 0 Å². The van der Waals surface area contributed by atoms with E-state index in [4.69, 9.17) is 4.74 Å².